The van der Waals surface area contributed by atoms with Crippen LogP contribution in [0.1, 0.15) is 16.8 Å². The Morgan fingerprint density at radius 3 is 2.75 bits per heavy atom. The zero-order valence-electron chi connectivity index (χ0n) is 13.6. The lowest BCUT2D eigenvalue weighted by Gasteiger charge is -2.07. The molecule has 0 spiro atoms. The SMILES string of the molecule is NCCNCCCNCC=Nc1ccc(Cl)c2cccc(C=O)c12. The van der Waals surface area contributed by atoms with Gasteiger partial charge in [-0.3, -0.25) is 9.79 Å². The van der Waals surface area contributed by atoms with Crippen LogP contribution in [0.2, 0.25) is 5.02 Å². The molecule has 4 N–H and O–H groups in total. The summed E-state index contributed by atoms with van der Waals surface area (Å²) < 4.78 is 0. The quantitative estimate of drug-likeness (QED) is 0.351. The van der Waals surface area contributed by atoms with Crippen LogP contribution in [0.4, 0.5) is 5.69 Å². The van der Waals surface area contributed by atoms with Gasteiger partial charge in [-0.05, 0) is 31.6 Å². The Bertz CT molecular complexity index is 703. The predicted octanol–water partition coefficient (Wildman–Crippen LogP) is 2.54. The van der Waals surface area contributed by atoms with Crippen molar-refractivity contribution < 1.29 is 4.79 Å². The van der Waals surface area contributed by atoms with Gasteiger partial charge in [0.1, 0.15) is 0 Å². The molecule has 24 heavy (non-hydrogen) atoms. The summed E-state index contributed by atoms with van der Waals surface area (Å²) in [6.45, 7) is 4.04. The van der Waals surface area contributed by atoms with Gasteiger partial charge >= 0.3 is 0 Å². The molecule has 0 radical (unpaired) electrons. The molecule has 2 rings (SSSR count). The topological polar surface area (TPSA) is 79.5 Å². The van der Waals surface area contributed by atoms with E-state index in [1.165, 1.54) is 0 Å². The van der Waals surface area contributed by atoms with Gasteiger partial charge in [0.25, 0.3) is 0 Å². The number of nitrogens with zero attached hydrogens (tertiary/aromatic N) is 1. The Labute approximate surface area is 147 Å². The highest BCUT2D eigenvalue weighted by Crippen LogP contribution is 2.33. The Morgan fingerprint density at radius 2 is 1.96 bits per heavy atom. The first-order chi connectivity index (χ1) is 11.8. The number of nitrogens with one attached hydrogen (secondary N) is 2. The van der Waals surface area contributed by atoms with E-state index in [-0.39, 0.29) is 0 Å². The molecule has 2 aromatic rings. The fraction of sp³-hybridized carbons (Fsp3) is 0.333. The van der Waals surface area contributed by atoms with E-state index in [1.54, 1.807) is 6.07 Å². The highest BCUT2D eigenvalue weighted by molar-refractivity contribution is 6.36. The number of aliphatic imine (C=N–C) groups is 1. The number of carbonyl (C=O) groups excluding carboxylic acids is 1. The van der Waals surface area contributed by atoms with Crippen LogP contribution in [0.25, 0.3) is 10.8 Å². The predicted molar refractivity (Wildman–Crippen MR) is 102 cm³/mol. The first-order valence-electron chi connectivity index (χ1n) is 8.08. The highest BCUT2D eigenvalue weighted by atomic mass is 35.5. The summed E-state index contributed by atoms with van der Waals surface area (Å²) in [5.41, 5.74) is 6.76. The summed E-state index contributed by atoms with van der Waals surface area (Å²) in [6.07, 6.45) is 3.69. The second-order valence-corrected chi connectivity index (χ2v) is 5.77. The van der Waals surface area contributed by atoms with Crippen LogP contribution in [-0.2, 0) is 0 Å². The lowest BCUT2D eigenvalue weighted by molar-refractivity contribution is 0.112. The molecule has 0 bridgehead atoms. The summed E-state index contributed by atoms with van der Waals surface area (Å²) in [5.74, 6) is 0. The fourth-order valence-electron chi connectivity index (χ4n) is 2.46. The van der Waals surface area contributed by atoms with E-state index in [4.69, 9.17) is 17.3 Å². The maximum Gasteiger partial charge on any atom is 0.150 e. The number of carbonyl (C=O) groups is 1. The van der Waals surface area contributed by atoms with Crippen molar-refractivity contribution in [3.05, 3.63) is 40.9 Å². The van der Waals surface area contributed by atoms with Gasteiger partial charge in [0.05, 0.1) is 5.69 Å². The smallest absolute Gasteiger partial charge is 0.150 e. The summed E-state index contributed by atoms with van der Waals surface area (Å²) in [7, 11) is 0. The number of rotatable bonds is 10. The summed E-state index contributed by atoms with van der Waals surface area (Å²) in [5, 5.41) is 8.81. The van der Waals surface area contributed by atoms with Crippen molar-refractivity contribution >= 4 is 40.6 Å². The molecule has 0 saturated carbocycles. The van der Waals surface area contributed by atoms with Gasteiger partial charge in [-0.2, -0.15) is 0 Å². The van der Waals surface area contributed by atoms with E-state index in [1.807, 2.05) is 30.5 Å². The zero-order valence-corrected chi connectivity index (χ0v) is 14.4. The summed E-state index contributed by atoms with van der Waals surface area (Å²) in [4.78, 5) is 15.8. The number of benzene rings is 2. The standard InChI is InChI=1S/C18H23ClN4O/c19-16-5-6-17(18-14(13-24)3-1-4-15(16)18)23-12-11-22-9-2-8-21-10-7-20/h1,3-6,12-13,21-22H,2,7-11,20H2. The molecule has 6 heteroatoms. The molecule has 0 aliphatic rings. The van der Waals surface area contributed by atoms with Gasteiger partial charge in [0.2, 0.25) is 0 Å². The van der Waals surface area contributed by atoms with Gasteiger partial charge in [0, 0.05) is 47.2 Å². The molecule has 0 aromatic heterocycles. The van der Waals surface area contributed by atoms with E-state index in [2.05, 4.69) is 15.6 Å². The summed E-state index contributed by atoms with van der Waals surface area (Å²) >= 11 is 6.22. The van der Waals surface area contributed by atoms with Gasteiger partial charge in [-0.1, -0.05) is 29.8 Å². The minimum atomic E-state index is 0.598. The van der Waals surface area contributed by atoms with Crippen molar-refractivity contribution in [2.24, 2.45) is 10.7 Å². The van der Waals surface area contributed by atoms with Crippen LogP contribution in [-0.4, -0.2) is 45.2 Å². The molecule has 0 aliphatic heterocycles. The Kier molecular flexibility index (Phi) is 7.85. The van der Waals surface area contributed by atoms with Gasteiger partial charge < -0.3 is 16.4 Å². The fourth-order valence-corrected chi connectivity index (χ4v) is 2.68. The Balaban J connectivity index is 1.95. The van der Waals surface area contributed by atoms with Crippen molar-refractivity contribution in [1.82, 2.24) is 10.6 Å². The number of hydrogen-bond acceptors (Lipinski definition) is 5. The third-order valence-corrected chi connectivity index (χ3v) is 3.95. The first-order valence-corrected chi connectivity index (χ1v) is 8.46. The maximum absolute atomic E-state index is 11.3. The van der Waals surface area contributed by atoms with Crippen molar-refractivity contribution in [2.75, 3.05) is 32.7 Å². The molecule has 128 valence electrons. The van der Waals surface area contributed by atoms with Crippen LogP contribution in [0.3, 0.4) is 0 Å². The lowest BCUT2D eigenvalue weighted by atomic mass is 10.0. The minimum absolute atomic E-state index is 0.598. The zero-order chi connectivity index (χ0) is 17.2. The van der Waals surface area contributed by atoms with Crippen LogP contribution < -0.4 is 16.4 Å². The molecule has 0 unspecified atom stereocenters. The minimum Gasteiger partial charge on any atom is -0.329 e. The normalized spacial score (nSPS) is 11.4. The number of nitrogens with two attached hydrogens (primary N) is 1. The average Bonchev–Trinajstić information content (AvgIpc) is 2.61. The summed E-state index contributed by atoms with van der Waals surface area (Å²) in [6, 6.07) is 9.14. The highest BCUT2D eigenvalue weighted by Gasteiger charge is 2.07. The first kappa shape index (κ1) is 18.5. The molecular weight excluding hydrogens is 324 g/mol. The second kappa shape index (κ2) is 10.2. The van der Waals surface area contributed by atoms with Gasteiger partial charge in [-0.15, -0.1) is 0 Å². The molecule has 5 nitrogen and oxygen atoms in total. The maximum atomic E-state index is 11.3. The van der Waals surface area contributed by atoms with E-state index in [9.17, 15) is 4.79 Å². The molecular formula is C18H23ClN4O. The van der Waals surface area contributed by atoms with E-state index in [0.29, 0.717) is 23.7 Å². The Hall–Kier alpha value is -1.79. The van der Waals surface area contributed by atoms with E-state index < -0.39 is 0 Å². The van der Waals surface area contributed by atoms with Gasteiger partial charge in [-0.25, -0.2) is 0 Å². The van der Waals surface area contributed by atoms with Crippen molar-refractivity contribution in [2.45, 2.75) is 6.42 Å². The number of hydrogen-bond donors (Lipinski definition) is 3. The van der Waals surface area contributed by atoms with Crippen molar-refractivity contribution in [1.29, 1.82) is 0 Å². The van der Waals surface area contributed by atoms with Gasteiger partial charge in [0.15, 0.2) is 6.29 Å². The third-order valence-electron chi connectivity index (χ3n) is 3.62. The van der Waals surface area contributed by atoms with Crippen LogP contribution in [0.5, 0.6) is 0 Å². The monoisotopic (exact) mass is 346 g/mol. The second-order valence-electron chi connectivity index (χ2n) is 5.36. The molecule has 0 aliphatic carbocycles. The molecule has 0 atom stereocenters. The number of halogens is 1. The lowest BCUT2D eigenvalue weighted by Crippen LogP contribution is -2.26. The van der Waals surface area contributed by atoms with E-state index in [0.717, 1.165) is 48.8 Å². The molecule has 0 heterocycles. The molecule has 0 saturated heterocycles. The molecule has 0 fully saturated rings. The number of fused-ring (bicyclic) bond motifs is 1. The van der Waals surface area contributed by atoms with Crippen LogP contribution >= 0.6 is 11.6 Å². The largest absolute Gasteiger partial charge is 0.329 e. The van der Waals surface area contributed by atoms with E-state index >= 15 is 0 Å². The van der Waals surface area contributed by atoms with Crippen molar-refractivity contribution in [3.63, 3.8) is 0 Å². The van der Waals surface area contributed by atoms with Crippen LogP contribution in [0, 0.1) is 0 Å². The Morgan fingerprint density at radius 1 is 1.12 bits per heavy atom. The average molecular weight is 347 g/mol. The third kappa shape index (κ3) is 5.11. The number of aldehydes is 1. The molecule has 0 amide bonds. The molecule has 2 aromatic carbocycles. The van der Waals surface area contributed by atoms with Crippen molar-refractivity contribution in [3.8, 4) is 0 Å². The van der Waals surface area contributed by atoms with Crippen LogP contribution in [0.15, 0.2) is 35.3 Å².